The molecule has 1 N–H and O–H groups in total. The molecule has 1 aliphatic heterocycles. The van der Waals surface area contributed by atoms with Gasteiger partial charge in [0.1, 0.15) is 5.78 Å². The molecule has 2 heterocycles. The fourth-order valence-electron chi connectivity index (χ4n) is 5.18. The van der Waals surface area contributed by atoms with Crippen molar-refractivity contribution in [3.63, 3.8) is 0 Å². The lowest BCUT2D eigenvalue weighted by Gasteiger charge is -2.45. The van der Waals surface area contributed by atoms with E-state index in [4.69, 9.17) is 4.43 Å². The van der Waals surface area contributed by atoms with Crippen LogP contribution in [-0.2, 0) is 14.0 Å². The maximum absolute atomic E-state index is 14.1. The van der Waals surface area contributed by atoms with Crippen LogP contribution in [0.15, 0.2) is 23.1 Å². The van der Waals surface area contributed by atoms with E-state index in [9.17, 15) is 9.59 Å². The Hall–Kier alpha value is -1.57. The Kier molecular flexibility index (Phi) is 12.2. The number of hydrogen-bond acceptors (Lipinski definition) is 5. The average molecular weight is 589 g/mol. The molecule has 0 saturated heterocycles. The summed E-state index contributed by atoms with van der Waals surface area (Å²) in [6, 6.07) is -0.149. The lowest BCUT2D eigenvalue weighted by Crippen LogP contribution is -2.53. The van der Waals surface area contributed by atoms with Crippen molar-refractivity contribution >= 4 is 37.4 Å². The van der Waals surface area contributed by atoms with Gasteiger partial charge in [-0.25, -0.2) is 4.98 Å². The summed E-state index contributed by atoms with van der Waals surface area (Å²) in [6.45, 7) is 25.6. The van der Waals surface area contributed by atoms with Gasteiger partial charge in [-0.15, -0.1) is 11.3 Å². The van der Waals surface area contributed by atoms with Gasteiger partial charge in [-0.05, 0) is 74.7 Å². The van der Waals surface area contributed by atoms with Crippen molar-refractivity contribution in [3.05, 3.63) is 33.8 Å². The van der Waals surface area contributed by atoms with Crippen LogP contribution in [0.1, 0.15) is 105 Å². The normalized spacial score (nSPS) is 29.2. The zero-order valence-electron chi connectivity index (χ0n) is 27.3. The SMILES string of the molecule is C/C(=C\c1csc(C)n1)[C@@H]1C/C=C\CCC[C@H](C)[C@H](C)[C@@H](C)C(=O)C(C)(C)[C@@H](O[Si](C)(C)C(C)(C)C)CC(=O)N1. The van der Waals surface area contributed by atoms with Gasteiger partial charge in [0.05, 0.1) is 29.3 Å². The first kappa shape index (κ1) is 34.6. The first-order chi connectivity index (χ1) is 18.4. The van der Waals surface area contributed by atoms with Crippen LogP contribution in [0, 0.1) is 30.1 Å². The first-order valence-corrected chi connectivity index (χ1v) is 18.9. The van der Waals surface area contributed by atoms with Crippen LogP contribution < -0.4 is 5.32 Å². The minimum absolute atomic E-state index is 0.0381. The highest BCUT2D eigenvalue weighted by Crippen LogP contribution is 2.42. The average Bonchev–Trinajstić information content (AvgIpc) is 3.25. The Bertz CT molecular complexity index is 1070. The molecule has 1 aromatic heterocycles. The van der Waals surface area contributed by atoms with Crippen molar-refractivity contribution in [1.82, 2.24) is 10.3 Å². The van der Waals surface area contributed by atoms with Crippen LogP contribution in [-0.4, -0.2) is 37.1 Å². The number of nitrogens with zero attached hydrogens (tertiary/aromatic N) is 1. The third-order valence-electron chi connectivity index (χ3n) is 9.62. The number of carbonyl (C=O) groups is 2. The highest BCUT2D eigenvalue weighted by atomic mass is 32.1. The Morgan fingerprint density at radius 2 is 1.82 bits per heavy atom. The van der Waals surface area contributed by atoms with Crippen LogP contribution >= 0.6 is 11.3 Å². The smallest absolute Gasteiger partial charge is 0.223 e. The second-order valence-corrected chi connectivity index (χ2v) is 20.0. The molecule has 0 bridgehead atoms. The lowest BCUT2D eigenvalue weighted by molar-refractivity contribution is -0.140. The molecule has 7 heteroatoms. The summed E-state index contributed by atoms with van der Waals surface area (Å²) in [7, 11) is -2.27. The minimum atomic E-state index is -2.27. The molecular formula is C33H56N2O3SSi. The molecule has 1 aromatic rings. The number of nitrogens with one attached hydrogen (secondary N) is 1. The summed E-state index contributed by atoms with van der Waals surface area (Å²) in [5.41, 5.74) is 1.20. The molecule has 0 saturated carbocycles. The molecule has 5 atom stereocenters. The van der Waals surface area contributed by atoms with E-state index in [2.05, 4.69) is 90.1 Å². The molecule has 226 valence electrons. The number of thiazole rings is 1. The van der Waals surface area contributed by atoms with Gasteiger partial charge >= 0.3 is 0 Å². The molecule has 0 radical (unpaired) electrons. The summed E-state index contributed by atoms with van der Waals surface area (Å²) in [6.07, 6.45) is 10.1. The van der Waals surface area contributed by atoms with Crippen molar-refractivity contribution in [2.75, 3.05) is 0 Å². The van der Waals surface area contributed by atoms with Gasteiger partial charge in [0, 0.05) is 16.7 Å². The van der Waals surface area contributed by atoms with Crippen LogP contribution in [0.25, 0.3) is 6.08 Å². The Balaban J connectivity index is 2.49. The standard InChI is InChI=1S/C33H56N2O3SSi/c1-22-17-15-13-14-16-18-28(23(2)19-27-21-39-26(5)34-27)35-30(36)20-29(38-40(11,12)32(6,7)8)33(9,10)31(37)25(4)24(22)3/h14,16,19,21-22,24-25,28-29H,13,15,17-18,20H2,1-12H3,(H,35,36)/b16-14-,23-19+/t22-,24-,25+,28-,29-/m0/s1. The fourth-order valence-corrected chi connectivity index (χ4v) is 7.20. The topological polar surface area (TPSA) is 68.3 Å². The number of ketones is 1. The number of Topliss-reactive ketones (excluding diaryl/α,β-unsaturated/α-hetero) is 1. The van der Waals surface area contributed by atoms with Crippen molar-refractivity contribution in [2.24, 2.45) is 23.2 Å². The lowest BCUT2D eigenvalue weighted by atomic mass is 9.70. The number of rotatable bonds is 4. The third-order valence-corrected chi connectivity index (χ3v) is 14.9. The van der Waals surface area contributed by atoms with E-state index >= 15 is 0 Å². The molecule has 2 rings (SSSR count). The van der Waals surface area contributed by atoms with Crippen molar-refractivity contribution in [3.8, 4) is 0 Å². The maximum Gasteiger partial charge on any atom is 0.223 e. The number of hydrogen-bond donors (Lipinski definition) is 1. The summed E-state index contributed by atoms with van der Waals surface area (Å²) in [4.78, 5) is 32.4. The van der Waals surface area contributed by atoms with Gasteiger partial charge in [-0.2, -0.15) is 0 Å². The van der Waals surface area contributed by atoms with Crippen molar-refractivity contribution in [1.29, 1.82) is 0 Å². The number of amides is 1. The number of allylic oxidation sites excluding steroid dienone is 1. The molecule has 5 nitrogen and oxygen atoms in total. The van der Waals surface area contributed by atoms with Crippen LogP contribution in [0.3, 0.4) is 0 Å². The maximum atomic E-state index is 14.1. The first-order valence-electron chi connectivity index (χ1n) is 15.1. The molecule has 40 heavy (non-hydrogen) atoms. The second kappa shape index (κ2) is 14.1. The largest absolute Gasteiger partial charge is 0.412 e. The zero-order chi connectivity index (χ0) is 30.5. The predicted molar refractivity (Wildman–Crippen MR) is 173 cm³/mol. The van der Waals surface area contributed by atoms with Crippen LogP contribution in [0.5, 0.6) is 0 Å². The van der Waals surface area contributed by atoms with E-state index in [0.29, 0.717) is 5.92 Å². The van der Waals surface area contributed by atoms with Crippen LogP contribution in [0.4, 0.5) is 0 Å². The molecular weight excluding hydrogens is 533 g/mol. The van der Waals surface area contributed by atoms with Gasteiger partial charge in [0.2, 0.25) is 5.91 Å². The van der Waals surface area contributed by atoms with Gasteiger partial charge in [0.15, 0.2) is 8.32 Å². The Labute approximate surface area is 249 Å². The summed E-state index contributed by atoms with van der Waals surface area (Å²) in [5, 5.41) is 6.34. The van der Waals surface area contributed by atoms with Crippen molar-refractivity contribution in [2.45, 2.75) is 132 Å². The van der Waals surface area contributed by atoms with E-state index in [0.717, 1.165) is 42.0 Å². The number of aryl methyl sites for hydroxylation is 1. The molecule has 0 aliphatic carbocycles. The highest BCUT2D eigenvalue weighted by Gasteiger charge is 2.47. The molecule has 0 unspecified atom stereocenters. The van der Waals surface area contributed by atoms with E-state index in [1.165, 1.54) is 0 Å². The van der Waals surface area contributed by atoms with Crippen molar-refractivity contribution < 1.29 is 14.0 Å². The van der Waals surface area contributed by atoms with E-state index in [-0.39, 0.29) is 41.0 Å². The number of carbonyl (C=O) groups excluding carboxylic acids is 2. The fraction of sp³-hybridized carbons (Fsp3) is 0.727. The second-order valence-electron chi connectivity index (χ2n) is 14.2. The minimum Gasteiger partial charge on any atom is -0.412 e. The Morgan fingerprint density at radius 3 is 2.40 bits per heavy atom. The highest BCUT2D eigenvalue weighted by molar-refractivity contribution is 7.09. The number of aromatic nitrogens is 1. The quantitative estimate of drug-likeness (QED) is 0.282. The van der Waals surface area contributed by atoms with E-state index in [1.807, 2.05) is 26.2 Å². The predicted octanol–water partition coefficient (Wildman–Crippen LogP) is 8.75. The van der Waals surface area contributed by atoms with Crippen LogP contribution in [0.2, 0.25) is 18.1 Å². The zero-order valence-corrected chi connectivity index (χ0v) is 29.1. The molecule has 1 aliphatic rings. The van der Waals surface area contributed by atoms with E-state index < -0.39 is 19.8 Å². The van der Waals surface area contributed by atoms with Gasteiger partial charge in [0.25, 0.3) is 0 Å². The van der Waals surface area contributed by atoms with Gasteiger partial charge < -0.3 is 9.74 Å². The monoisotopic (exact) mass is 588 g/mol. The molecule has 0 aromatic carbocycles. The third kappa shape index (κ3) is 9.22. The molecule has 0 fully saturated rings. The summed E-state index contributed by atoms with van der Waals surface area (Å²) >= 11 is 1.63. The summed E-state index contributed by atoms with van der Waals surface area (Å²) < 4.78 is 6.93. The molecule has 1 amide bonds. The Morgan fingerprint density at radius 1 is 1.18 bits per heavy atom. The summed E-state index contributed by atoms with van der Waals surface area (Å²) in [5.74, 6) is 0.714. The van der Waals surface area contributed by atoms with Gasteiger partial charge in [-0.3, -0.25) is 9.59 Å². The molecule has 0 spiro atoms. The van der Waals surface area contributed by atoms with Gasteiger partial charge in [-0.1, -0.05) is 74.0 Å². The van der Waals surface area contributed by atoms with E-state index in [1.54, 1.807) is 11.3 Å².